The third kappa shape index (κ3) is 7.98. The lowest BCUT2D eigenvalue weighted by atomic mass is 10.1. The van der Waals surface area contributed by atoms with Crippen LogP contribution in [0.3, 0.4) is 0 Å². The second-order valence-electron chi connectivity index (χ2n) is 9.15. The van der Waals surface area contributed by atoms with Crippen LogP contribution in [0.5, 0.6) is 0 Å². The van der Waals surface area contributed by atoms with Gasteiger partial charge in [0.15, 0.2) is 9.84 Å². The maximum atomic E-state index is 13.2. The summed E-state index contributed by atoms with van der Waals surface area (Å²) in [6, 6.07) is 9.42. The Morgan fingerprint density at radius 1 is 1.10 bits per heavy atom. The number of methoxy groups -OCH3 is 1. The lowest BCUT2D eigenvalue weighted by molar-refractivity contribution is -0.134. The van der Waals surface area contributed by atoms with E-state index in [1.54, 1.807) is 18.2 Å². The summed E-state index contributed by atoms with van der Waals surface area (Å²) in [5.74, 6) is -2.79. The molecule has 4 rings (SSSR count). The summed E-state index contributed by atoms with van der Waals surface area (Å²) in [5.41, 5.74) is 1.61. The number of carbonyl (C=O) groups excluding carboxylic acids is 4. The zero-order valence-corrected chi connectivity index (χ0v) is 23.8. The van der Waals surface area contributed by atoms with Gasteiger partial charge in [0, 0.05) is 35.4 Å². The summed E-state index contributed by atoms with van der Waals surface area (Å²) in [6.07, 6.45) is 3.58. The number of esters is 1. The number of tetrazole rings is 1. The van der Waals surface area contributed by atoms with Crippen molar-refractivity contribution in [3.05, 3.63) is 71.0 Å². The van der Waals surface area contributed by atoms with E-state index in [1.807, 2.05) is 0 Å². The van der Waals surface area contributed by atoms with Gasteiger partial charge < -0.3 is 20.3 Å². The fourth-order valence-corrected chi connectivity index (χ4v) is 5.42. The van der Waals surface area contributed by atoms with E-state index in [9.17, 15) is 27.6 Å². The largest absolute Gasteiger partial charge is 0.465 e. The fraction of sp³-hybridized carbons (Fsp3) is 0.269. The molecule has 42 heavy (non-hydrogen) atoms. The molecule has 1 aliphatic rings. The first-order valence-corrected chi connectivity index (χ1v) is 14.7. The number of carbonyl (C=O) groups is 4. The predicted octanol–water partition coefficient (Wildman–Crippen LogP) is 0.886. The van der Waals surface area contributed by atoms with Gasteiger partial charge in [-0.1, -0.05) is 11.6 Å². The Labute approximate surface area is 245 Å². The van der Waals surface area contributed by atoms with Gasteiger partial charge in [-0.25, -0.2) is 13.2 Å². The molecule has 0 spiro atoms. The third-order valence-corrected chi connectivity index (χ3v) is 8.13. The number of nitrogens with zero attached hydrogens (tertiary/aromatic N) is 5. The highest BCUT2D eigenvalue weighted by Gasteiger charge is 2.30. The van der Waals surface area contributed by atoms with Crippen LogP contribution >= 0.6 is 11.6 Å². The highest BCUT2D eigenvalue weighted by atomic mass is 35.5. The number of anilines is 1. The Bertz CT molecular complexity index is 1600. The summed E-state index contributed by atoms with van der Waals surface area (Å²) < 4.78 is 29.6. The Hall–Kier alpha value is -4.63. The number of aromatic nitrogens is 4. The second kappa shape index (κ2) is 13.4. The fourth-order valence-electron chi connectivity index (χ4n) is 4.04. The molecular weight excluding hydrogens is 590 g/mol. The molecule has 1 saturated heterocycles. The number of sulfone groups is 1. The highest BCUT2D eigenvalue weighted by Crippen LogP contribution is 2.20. The van der Waals surface area contributed by atoms with Gasteiger partial charge in [0.05, 0.1) is 36.3 Å². The summed E-state index contributed by atoms with van der Waals surface area (Å²) in [4.78, 5) is 52.2. The Kier molecular flexibility index (Phi) is 9.64. The van der Waals surface area contributed by atoms with E-state index < -0.39 is 46.0 Å². The molecule has 3 aromatic rings. The number of amides is 3. The molecule has 16 heteroatoms. The number of halogens is 1. The van der Waals surface area contributed by atoms with Crippen molar-refractivity contribution in [2.75, 3.05) is 37.0 Å². The SMILES string of the molecule is COC(=O)c1ccc(NC(=O)[C@H](CC(=O)N2CCS(=O)(=O)CC2)NC(=O)C=Cc2cc(Cl)ccc2-n2cnnn2)cc1. The van der Waals surface area contributed by atoms with Gasteiger partial charge in [0.25, 0.3) is 0 Å². The van der Waals surface area contributed by atoms with Crippen LogP contribution in [-0.2, 0) is 29.0 Å². The minimum Gasteiger partial charge on any atom is -0.465 e. The van der Waals surface area contributed by atoms with E-state index in [1.165, 1.54) is 59.4 Å². The Morgan fingerprint density at radius 2 is 1.81 bits per heavy atom. The summed E-state index contributed by atoms with van der Waals surface area (Å²) in [5, 5.41) is 16.6. The maximum absolute atomic E-state index is 13.2. The minimum atomic E-state index is -3.23. The molecule has 2 N–H and O–H groups in total. The molecule has 1 aromatic heterocycles. The van der Waals surface area contributed by atoms with E-state index in [0.717, 1.165) is 0 Å². The lowest BCUT2D eigenvalue weighted by Gasteiger charge is -2.28. The van der Waals surface area contributed by atoms with Crippen LogP contribution in [0.4, 0.5) is 5.69 Å². The standard InChI is InChI=1S/C26H26ClN7O7S/c1-41-26(38)17-2-6-20(7-3-17)29-25(37)21(15-24(36)33-10-12-42(39,40)13-11-33)30-23(35)9-4-18-14-19(27)5-8-22(18)34-16-28-31-32-34/h2-9,14,16,21H,10-13,15H2,1H3,(H,29,37)(H,30,35)/t21-/m0/s1. The van der Waals surface area contributed by atoms with Gasteiger partial charge in [-0.15, -0.1) is 5.10 Å². The average Bonchev–Trinajstić information content (AvgIpc) is 3.50. The molecule has 1 atom stereocenters. The van der Waals surface area contributed by atoms with E-state index in [-0.39, 0.29) is 30.2 Å². The molecule has 0 saturated carbocycles. The predicted molar refractivity (Wildman–Crippen MR) is 151 cm³/mol. The molecule has 0 radical (unpaired) electrons. The van der Waals surface area contributed by atoms with Crippen LogP contribution in [0.1, 0.15) is 22.3 Å². The molecule has 2 heterocycles. The van der Waals surface area contributed by atoms with E-state index in [2.05, 4.69) is 30.9 Å². The first kappa shape index (κ1) is 30.3. The van der Waals surface area contributed by atoms with Crippen LogP contribution in [-0.4, -0.2) is 95.0 Å². The third-order valence-electron chi connectivity index (χ3n) is 6.28. The lowest BCUT2D eigenvalue weighted by Crippen LogP contribution is -2.49. The van der Waals surface area contributed by atoms with E-state index >= 15 is 0 Å². The molecule has 0 bridgehead atoms. The molecule has 1 aliphatic heterocycles. The first-order chi connectivity index (χ1) is 20.0. The second-order valence-corrected chi connectivity index (χ2v) is 11.9. The highest BCUT2D eigenvalue weighted by molar-refractivity contribution is 7.91. The quantitative estimate of drug-likeness (QED) is 0.259. The topological polar surface area (TPSA) is 183 Å². The van der Waals surface area contributed by atoms with E-state index in [0.29, 0.717) is 22.0 Å². The molecule has 0 unspecified atom stereocenters. The van der Waals surface area contributed by atoms with Crippen molar-refractivity contribution in [1.29, 1.82) is 0 Å². The molecule has 1 fully saturated rings. The summed E-state index contributed by atoms with van der Waals surface area (Å²) in [6.45, 7) is -0.0138. The van der Waals surface area contributed by atoms with Crippen molar-refractivity contribution in [2.45, 2.75) is 12.5 Å². The van der Waals surface area contributed by atoms with Crippen molar-refractivity contribution in [2.24, 2.45) is 0 Å². The summed E-state index contributed by atoms with van der Waals surface area (Å²) >= 11 is 6.13. The van der Waals surface area contributed by atoms with Gasteiger partial charge in [0.2, 0.25) is 17.7 Å². The zero-order valence-electron chi connectivity index (χ0n) is 22.3. The number of benzene rings is 2. The number of rotatable bonds is 9. The summed E-state index contributed by atoms with van der Waals surface area (Å²) in [7, 11) is -1.99. The number of nitrogens with one attached hydrogen (secondary N) is 2. The molecule has 3 amide bonds. The number of ether oxygens (including phenoxy) is 1. The van der Waals surface area contributed by atoms with Crippen LogP contribution in [0.25, 0.3) is 11.8 Å². The first-order valence-electron chi connectivity index (χ1n) is 12.5. The number of hydrogen-bond donors (Lipinski definition) is 2. The monoisotopic (exact) mass is 615 g/mol. The van der Waals surface area contributed by atoms with E-state index in [4.69, 9.17) is 11.6 Å². The van der Waals surface area contributed by atoms with Gasteiger partial charge in [-0.2, -0.15) is 4.68 Å². The van der Waals surface area contributed by atoms with Crippen molar-refractivity contribution < 1.29 is 32.3 Å². The zero-order chi connectivity index (χ0) is 30.3. The molecule has 14 nitrogen and oxygen atoms in total. The van der Waals surface area contributed by atoms with Gasteiger partial charge in [0.1, 0.15) is 12.4 Å². The van der Waals surface area contributed by atoms with Crippen LogP contribution in [0.2, 0.25) is 5.02 Å². The molecular formula is C26H26ClN7O7S. The molecule has 220 valence electrons. The molecule has 0 aliphatic carbocycles. The van der Waals surface area contributed by atoms with Crippen molar-refractivity contribution in [3.8, 4) is 5.69 Å². The Balaban J connectivity index is 1.51. The normalized spacial score (nSPS) is 15.1. The van der Waals surface area contributed by atoms with Crippen LogP contribution in [0, 0.1) is 0 Å². The van der Waals surface area contributed by atoms with Crippen molar-refractivity contribution in [3.63, 3.8) is 0 Å². The van der Waals surface area contributed by atoms with Crippen LogP contribution in [0.15, 0.2) is 54.9 Å². The van der Waals surface area contributed by atoms with Crippen molar-refractivity contribution >= 4 is 56.9 Å². The van der Waals surface area contributed by atoms with Crippen molar-refractivity contribution in [1.82, 2.24) is 30.4 Å². The van der Waals surface area contributed by atoms with Crippen LogP contribution < -0.4 is 10.6 Å². The minimum absolute atomic E-state index is 0.00691. The average molecular weight is 616 g/mol. The Morgan fingerprint density at radius 3 is 2.45 bits per heavy atom. The smallest absolute Gasteiger partial charge is 0.337 e. The van der Waals surface area contributed by atoms with Gasteiger partial charge in [-0.05, 0) is 59.0 Å². The molecule has 2 aromatic carbocycles. The van der Waals surface area contributed by atoms with Gasteiger partial charge >= 0.3 is 5.97 Å². The van der Waals surface area contributed by atoms with Gasteiger partial charge in [-0.3, -0.25) is 14.4 Å². The number of hydrogen-bond acceptors (Lipinski definition) is 10. The maximum Gasteiger partial charge on any atom is 0.337 e.